The Hall–Kier alpha value is -2.78. The molecule has 2 heterocycles. The number of hydrogen-bond donors (Lipinski definition) is 0. The maximum atomic E-state index is 6.76. The van der Waals surface area contributed by atoms with Gasteiger partial charge in [0.2, 0.25) is 0 Å². The van der Waals surface area contributed by atoms with Crippen LogP contribution in [0, 0.1) is 0 Å². The first-order valence-corrected chi connectivity index (χ1v) is 11.6. The van der Waals surface area contributed by atoms with E-state index in [0.717, 1.165) is 54.2 Å². The number of hydrazone groups is 1. The van der Waals surface area contributed by atoms with Gasteiger partial charge in [0.05, 0.1) is 11.8 Å². The minimum Gasteiger partial charge on any atom is -0.466 e. The van der Waals surface area contributed by atoms with Gasteiger partial charge in [-0.3, -0.25) is 0 Å². The highest BCUT2D eigenvalue weighted by molar-refractivity contribution is 6.34. The fourth-order valence-corrected chi connectivity index (χ4v) is 5.79. The summed E-state index contributed by atoms with van der Waals surface area (Å²) in [5.41, 5.74) is 4.37. The van der Waals surface area contributed by atoms with Crippen molar-refractivity contribution in [2.45, 2.75) is 49.8 Å². The summed E-state index contributed by atoms with van der Waals surface area (Å²) in [6, 6.07) is 27.6. The van der Waals surface area contributed by atoms with Gasteiger partial charge in [0, 0.05) is 35.4 Å². The van der Waals surface area contributed by atoms with E-state index in [4.69, 9.17) is 21.4 Å². The lowest BCUT2D eigenvalue weighted by Gasteiger charge is -2.50. The molecular formula is C27H25ClN2O. The number of rotatable bonds is 2. The van der Waals surface area contributed by atoms with Crippen LogP contribution in [0.5, 0.6) is 5.75 Å². The smallest absolute Gasteiger partial charge is 0.198 e. The molecule has 0 radical (unpaired) electrons. The van der Waals surface area contributed by atoms with E-state index in [2.05, 4.69) is 65.7 Å². The van der Waals surface area contributed by atoms with Crippen LogP contribution in [0.15, 0.2) is 84.0 Å². The van der Waals surface area contributed by atoms with Crippen LogP contribution in [0.2, 0.25) is 5.02 Å². The number of fused-ring (bicyclic) bond motifs is 4. The quantitative estimate of drug-likeness (QED) is 0.441. The molecule has 1 saturated carbocycles. The van der Waals surface area contributed by atoms with E-state index in [-0.39, 0.29) is 11.8 Å². The second-order valence-electron chi connectivity index (χ2n) is 8.86. The van der Waals surface area contributed by atoms with Gasteiger partial charge in [-0.2, -0.15) is 5.10 Å². The molecule has 2 aliphatic heterocycles. The van der Waals surface area contributed by atoms with E-state index in [1.54, 1.807) is 0 Å². The Morgan fingerprint density at radius 2 is 1.58 bits per heavy atom. The Bertz CT molecular complexity index is 1130. The minimum atomic E-state index is -0.382. The molecule has 31 heavy (non-hydrogen) atoms. The van der Waals surface area contributed by atoms with E-state index in [1.165, 1.54) is 11.1 Å². The molecular weight excluding hydrogens is 404 g/mol. The van der Waals surface area contributed by atoms with Crippen LogP contribution in [0.4, 0.5) is 0 Å². The lowest BCUT2D eigenvalue weighted by Crippen LogP contribution is -2.55. The maximum absolute atomic E-state index is 6.76. The molecule has 1 spiro atoms. The first-order valence-electron chi connectivity index (χ1n) is 11.2. The molecule has 0 aromatic heterocycles. The summed E-state index contributed by atoms with van der Waals surface area (Å²) < 4.78 is 6.76. The van der Waals surface area contributed by atoms with E-state index < -0.39 is 0 Å². The van der Waals surface area contributed by atoms with Gasteiger partial charge in [0.15, 0.2) is 5.72 Å². The topological polar surface area (TPSA) is 24.8 Å². The molecule has 3 aromatic rings. The number of nitrogens with zero attached hydrogens (tertiary/aromatic N) is 2. The monoisotopic (exact) mass is 428 g/mol. The van der Waals surface area contributed by atoms with Crippen molar-refractivity contribution < 1.29 is 4.74 Å². The highest BCUT2D eigenvalue weighted by Crippen LogP contribution is 2.53. The molecule has 4 heteroatoms. The summed E-state index contributed by atoms with van der Waals surface area (Å²) in [5, 5.41) is 8.19. The molecule has 3 aromatic carbocycles. The van der Waals surface area contributed by atoms with Crippen LogP contribution in [0.25, 0.3) is 0 Å². The molecule has 0 amide bonds. The molecule has 3 aliphatic rings. The van der Waals surface area contributed by atoms with Crippen molar-refractivity contribution in [3.8, 4) is 5.75 Å². The van der Waals surface area contributed by atoms with Gasteiger partial charge < -0.3 is 4.74 Å². The summed E-state index contributed by atoms with van der Waals surface area (Å²) in [5.74, 6) is 1.60. The van der Waals surface area contributed by atoms with Crippen molar-refractivity contribution in [3.63, 3.8) is 0 Å². The van der Waals surface area contributed by atoms with Crippen molar-refractivity contribution in [2.75, 3.05) is 0 Å². The fourth-order valence-electron chi connectivity index (χ4n) is 5.54. The SMILES string of the molecule is Clc1ccccc1C1=NN2C(C1)c1ccccc1OC21CCC(c2ccccc2)CC1. The van der Waals surface area contributed by atoms with Crippen LogP contribution < -0.4 is 4.74 Å². The zero-order valence-electron chi connectivity index (χ0n) is 17.4. The predicted octanol–water partition coefficient (Wildman–Crippen LogP) is 6.94. The Morgan fingerprint density at radius 1 is 0.871 bits per heavy atom. The Morgan fingerprint density at radius 3 is 2.39 bits per heavy atom. The molecule has 1 unspecified atom stereocenters. The molecule has 1 atom stereocenters. The summed E-state index contributed by atoms with van der Waals surface area (Å²) >= 11 is 6.54. The number of hydrogen-bond acceptors (Lipinski definition) is 3. The van der Waals surface area contributed by atoms with Gasteiger partial charge in [-0.15, -0.1) is 0 Å². The number of halogens is 1. The Labute approximate surface area is 188 Å². The second-order valence-corrected chi connectivity index (χ2v) is 9.27. The lowest BCUT2D eigenvalue weighted by molar-refractivity contribution is -0.142. The first kappa shape index (κ1) is 18.9. The van der Waals surface area contributed by atoms with Gasteiger partial charge in [-0.1, -0.05) is 78.3 Å². The van der Waals surface area contributed by atoms with Gasteiger partial charge in [-0.05, 0) is 36.5 Å². The molecule has 6 rings (SSSR count). The van der Waals surface area contributed by atoms with Crippen LogP contribution in [-0.2, 0) is 0 Å². The summed E-state index contributed by atoms with van der Waals surface area (Å²) in [6.45, 7) is 0. The summed E-state index contributed by atoms with van der Waals surface area (Å²) in [4.78, 5) is 0. The zero-order valence-corrected chi connectivity index (χ0v) is 18.1. The average molecular weight is 429 g/mol. The Balaban J connectivity index is 1.36. The summed E-state index contributed by atoms with van der Waals surface area (Å²) in [7, 11) is 0. The lowest BCUT2D eigenvalue weighted by atomic mass is 9.78. The van der Waals surface area contributed by atoms with Crippen molar-refractivity contribution in [3.05, 3.63) is 101 Å². The maximum Gasteiger partial charge on any atom is 0.198 e. The van der Waals surface area contributed by atoms with E-state index in [0.29, 0.717) is 5.92 Å². The molecule has 0 bridgehead atoms. The fraction of sp³-hybridized carbons (Fsp3) is 0.296. The van der Waals surface area contributed by atoms with E-state index >= 15 is 0 Å². The molecule has 1 aliphatic carbocycles. The van der Waals surface area contributed by atoms with Gasteiger partial charge >= 0.3 is 0 Å². The molecule has 3 nitrogen and oxygen atoms in total. The van der Waals surface area contributed by atoms with Crippen molar-refractivity contribution >= 4 is 17.3 Å². The predicted molar refractivity (Wildman–Crippen MR) is 125 cm³/mol. The van der Waals surface area contributed by atoms with Crippen LogP contribution in [-0.4, -0.2) is 16.4 Å². The second kappa shape index (κ2) is 7.42. The highest BCUT2D eigenvalue weighted by Gasteiger charge is 2.52. The van der Waals surface area contributed by atoms with Gasteiger partial charge in [0.1, 0.15) is 5.75 Å². The van der Waals surface area contributed by atoms with Crippen molar-refractivity contribution in [1.82, 2.24) is 5.01 Å². The van der Waals surface area contributed by atoms with Crippen LogP contribution in [0.3, 0.4) is 0 Å². The molecule has 156 valence electrons. The zero-order chi connectivity index (χ0) is 20.8. The van der Waals surface area contributed by atoms with Crippen LogP contribution >= 0.6 is 11.6 Å². The Kier molecular flexibility index (Phi) is 4.53. The van der Waals surface area contributed by atoms with Crippen LogP contribution in [0.1, 0.15) is 60.8 Å². The number of benzene rings is 3. The number of ether oxygens (including phenoxy) is 1. The standard InChI is InChI=1S/C27H25ClN2O/c28-23-12-6-4-10-21(23)24-18-25-22-11-5-7-13-26(22)31-27(30(25)29-24)16-14-20(15-17-27)19-8-2-1-3-9-19/h1-13,20,25H,14-18H2. The van der Waals surface area contributed by atoms with E-state index in [9.17, 15) is 0 Å². The first-order chi connectivity index (χ1) is 15.2. The average Bonchev–Trinajstić information content (AvgIpc) is 3.27. The van der Waals surface area contributed by atoms with Crippen molar-refractivity contribution in [2.24, 2.45) is 5.10 Å². The summed E-state index contributed by atoms with van der Waals surface area (Å²) in [6.07, 6.45) is 5.00. The normalized spacial score (nSPS) is 26.7. The highest BCUT2D eigenvalue weighted by atomic mass is 35.5. The third-order valence-corrected chi connectivity index (χ3v) is 7.46. The van der Waals surface area contributed by atoms with Gasteiger partial charge in [-0.25, -0.2) is 5.01 Å². The third-order valence-electron chi connectivity index (χ3n) is 7.13. The molecule has 0 saturated heterocycles. The van der Waals surface area contributed by atoms with E-state index in [1.807, 2.05) is 18.2 Å². The molecule has 0 N–H and O–H groups in total. The van der Waals surface area contributed by atoms with Crippen molar-refractivity contribution in [1.29, 1.82) is 0 Å². The third kappa shape index (κ3) is 3.14. The number of para-hydroxylation sites is 1. The molecule has 1 fully saturated rings. The minimum absolute atomic E-state index is 0.199. The van der Waals surface area contributed by atoms with Gasteiger partial charge in [0.25, 0.3) is 0 Å². The largest absolute Gasteiger partial charge is 0.466 e.